The molecule has 0 aromatic rings. The standard InChI is InChI=1S/C42H72O3/c1-5-6-7-8-9-10-11-12-13-14-15-16-17-18-19-20-39(43)33-27-29-41(3)34(31-33)22-23-35-37-25-24-36(32(2)21-26-40(44)45)42(37,4)30-28-38(35)41/h12-13,32-38H,5-11,14-31H2,1-4H3,(H,44,45)/b13-12-/t32-,33?,34-,35+,36-,37+,38+,41+,42-/m1/s1. The fourth-order valence-electron chi connectivity index (χ4n) is 11.7. The van der Waals surface area contributed by atoms with Crippen molar-refractivity contribution >= 4 is 11.8 Å². The number of carboxylic acid groups (broad SMARTS) is 1. The summed E-state index contributed by atoms with van der Waals surface area (Å²) in [6.07, 6.45) is 35.4. The molecule has 4 fully saturated rings. The zero-order valence-electron chi connectivity index (χ0n) is 30.1. The van der Waals surface area contributed by atoms with Gasteiger partial charge in [0.2, 0.25) is 0 Å². The summed E-state index contributed by atoms with van der Waals surface area (Å²) in [5.41, 5.74) is 0.830. The van der Waals surface area contributed by atoms with E-state index < -0.39 is 5.97 Å². The quantitative estimate of drug-likeness (QED) is 0.108. The van der Waals surface area contributed by atoms with Gasteiger partial charge in [0.05, 0.1) is 0 Å². The van der Waals surface area contributed by atoms with Gasteiger partial charge in [0.25, 0.3) is 0 Å². The van der Waals surface area contributed by atoms with E-state index >= 15 is 0 Å². The molecule has 258 valence electrons. The summed E-state index contributed by atoms with van der Waals surface area (Å²) in [5, 5.41) is 9.26. The SMILES string of the molecule is CCCCCCCC/C=C\CCCCCCCC(=O)C1CC[C@@]2(C)[C@H](CC[C@@H]3[C@@H]2CC[C@]2(C)[C@@H]([C@H](C)CCC(=O)O)CC[C@@H]32)C1. The zero-order chi connectivity index (χ0) is 32.3. The van der Waals surface area contributed by atoms with E-state index in [1.165, 1.54) is 128 Å². The van der Waals surface area contributed by atoms with Crippen LogP contribution in [0.3, 0.4) is 0 Å². The Morgan fingerprint density at radius 2 is 1.36 bits per heavy atom. The molecule has 1 N–H and O–H groups in total. The second kappa shape index (κ2) is 17.9. The molecule has 4 aliphatic rings. The van der Waals surface area contributed by atoms with Crippen LogP contribution in [0.5, 0.6) is 0 Å². The first kappa shape index (κ1) is 36.7. The minimum atomic E-state index is -0.640. The number of unbranched alkanes of at least 4 members (excludes halogenated alkanes) is 11. The Bertz CT molecular complexity index is 938. The Morgan fingerprint density at radius 1 is 0.733 bits per heavy atom. The lowest BCUT2D eigenvalue weighted by Crippen LogP contribution is -2.54. The van der Waals surface area contributed by atoms with Crippen molar-refractivity contribution in [1.29, 1.82) is 0 Å². The number of aliphatic carboxylic acids is 1. The van der Waals surface area contributed by atoms with Crippen LogP contribution in [0.4, 0.5) is 0 Å². The number of Topliss-reactive ketones (excluding diaryl/α,β-unsaturated/α-hetero) is 1. The third-order valence-corrected chi connectivity index (χ3v) is 14.4. The largest absolute Gasteiger partial charge is 0.481 e. The highest BCUT2D eigenvalue weighted by molar-refractivity contribution is 5.81. The highest BCUT2D eigenvalue weighted by Gasteiger charge is 2.60. The van der Waals surface area contributed by atoms with Gasteiger partial charge in [-0.1, -0.05) is 91.2 Å². The molecule has 0 radical (unpaired) electrons. The predicted molar refractivity (Wildman–Crippen MR) is 189 cm³/mol. The van der Waals surface area contributed by atoms with Crippen LogP contribution in [0, 0.1) is 52.3 Å². The third kappa shape index (κ3) is 9.49. The molecular formula is C42H72O3. The number of allylic oxidation sites excluding steroid dienone is 2. The van der Waals surface area contributed by atoms with Gasteiger partial charge in [0.1, 0.15) is 5.78 Å². The third-order valence-electron chi connectivity index (χ3n) is 14.4. The van der Waals surface area contributed by atoms with Gasteiger partial charge in [-0.15, -0.1) is 0 Å². The molecule has 45 heavy (non-hydrogen) atoms. The Labute approximate surface area is 278 Å². The molecule has 0 heterocycles. The van der Waals surface area contributed by atoms with Crippen LogP contribution in [-0.2, 0) is 9.59 Å². The lowest BCUT2D eigenvalue weighted by atomic mass is 9.44. The van der Waals surface area contributed by atoms with Crippen LogP contribution in [0.25, 0.3) is 0 Å². The number of hydrogen-bond donors (Lipinski definition) is 1. The van der Waals surface area contributed by atoms with Crippen molar-refractivity contribution in [3.8, 4) is 0 Å². The molecule has 9 atom stereocenters. The fourth-order valence-corrected chi connectivity index (χ4v) is 11.7. The van der Waals surface area contributed by atoms with Crippen molar-refractivity contribution in [3.05, 3.63) is 12.2 Å². The molecule has 4 rings (SSSR count). The number of hydrogen-bond acceptors (Lipinski definition) is 2. The molecule has 0 aromatic carbocycles. The average Bonchev–Trinajstić information content (AvgIpc) is 3.38. The van der Waals surface area contributed by atoms with Gasteiger partial charge in [0, 0.05) is 18.8 Å². The van der Waals surface area contributed by atoms with Crippen molar-refractivity contribution in [3.63, 3.8) is 0 Å². The van der Waals surface area contributed by atoms with E-state index in [0.717, 1.165) is 49.4 Å². The topological polar surface area (TPSA) is 54.4 Å². The number of carboxylic acids is 1. The Balaban J connectivity index is 1.12. The molecule has 4 aliphatic carbocycles. The van der Waals surface area contributed by atoms with Crippen LogP contribution in [0.1, 0.15) is 188 Å². The van der Waals surface area contributed by atoms with E-state index in [-0.39, 0.29) is 0 Å². The van der Waals surface area contributed by atoms with Crippen LogP contribution >= 0.6 is 0 Å². The summed E-state index contributed by atoms with van der Waals surface area (Å²) >= 11 is 0. The van der Waals surface area contributed by atoms with E-state index in [1.54, 1.807) is 0 Å². The van der Waals surface area contributed by atoms with Crippen LogP contribution in [0.15, 0.2) is 12.2 Å². The van der Waals surface area contributed by atoms with Gasteiger partial charge in [-0.05, 0) is 143 Å². The van der Waals surface area contributed by atoms with E-state index in [1.807, 2.05) is 0 Å². The average molecular weight is 625 g/mol. The molecule has 3 nitrogen and oxygen atoms in total. The van der Waals surface area contributed by atoms with E-state index in [2.05, 4.69) is 39.8 Å². The molecule has 0 bridgehead atoms. The van der Waals surface area contributed by atoms with Crippen molar-refractivity contribution in [2.75, 3.05) is 0 Å². The summed E-state index contributed by atoms with van der Waals surface area (Å²) in [6.45, 7) is 9.83. The van der Waals surface area contributed by atoms with Crippen LogP contribution in [0.2, 0.25) is 0 Å². The van der Waals surface area contributed by atoms with Gasteiger partial charge in [-0.2, -0.15) is 0 Å². The highest BCUT2D eigenvalue weighted by Crippen LogP contribution is 2.68. The lowest BCUT2D eigenvalue weighted by molar-refractivity contribution is -0.140. The van der Waals surface area contributed by atoms with Gasteiger partial charge in [-0.3, -0.25) is 9.59 Å². The summed E-state index contributed by atoms with van der Waals surface area (Å²) in [4.78, 5) is 24.6. The second-order valence-electron chi connectivity index (χ2n) is 17.1. The molecular weight excluding hydrogens is 552 g/mol. The fraction of sp³-hybridized carbons (Fsp3) is 0.905. The first-order valence-electron chi connectivity index (χ1n) is 20.1. The zero-order valence-corrected chi connectivity index (χ0v) is 30.1. The summed E-state index contributed by atoms with van der Waals surface area (Å²) < 4.78 is 0. The van der Waals surface area contributed by atoms with Crippen molar-refractivity contribution in [2.45, 2.75) is 188 Å². The minimum Gasteiger partial charge on any atom is -0.481 e. The maximum Gasteiger partial charge on any atom is 0.303 e. The van der Waals surface area contributed by atoms with Crippen LogP contribution in [-0.4, -0.2) is 16.9 Å². The van der Waals surface area contributed by atoms with E-state index in [0.29, 0.717) is 40.8 Å². The van der Waals surface area contributed by atoms with Crippen LogP contribution < -0.4 is 0 Å². The van der Waals surface area contributed by atoms with E-state index in [4.69, 9.17) is 0 Å². The maximum atomic E-state index is 13.3. The molecule has 4 saturated carbocycles. The van der Waals surface area contributed by atoms with Gasteiger partial charge >= 0.3 is 5.97 Å². The number of ketones is 1. The Morgan fingerprint density at radius 3 is 2.04 bits per heavy atom. The monoisotopic (exact) mass is 625 g/mol. The molecule has 0 saturated heterocycles. The first-order chi connectivity index (χ1) is 21.7. The molecule has 0 aliphatic heterocycles. The molecule has 0 spiro atoms. The predicted octanol–water partition coefficient (Wildman–Crippen LogP) is 12.4. The van der Waals surface area contributed by atoms with Crippen molar-refractivity contribution in [2.24, 2.45) is 52.3 Å². The van der Waals surface area contributed by atoms with Gasteiger partial charge in [0.15, 0.2) is 0 Å². The molecule has 0 aromatic heterocycles. The Hall–Kier alpha value is -1.12. The number of carbonyl (C=O) groups is 2. The minimum absolute atomic E-state index is 0.321. The van der Waals surface area contributed by atoms with Crippen molar-refractivity contribution in [1.82, 2.24) is 0 Å². The maximum absolute atomic E-state index is 13.3. The van der Waals surface area contributed by atoms with Crippen molar-refractivity contribution < 1.29 is 14.7 Å². The lowest BCUT2D eigenvalue weighted by Gasteiger charge is -2.61. The summed E-state index contributed by atoms with van der Waals surface area (Å²) in [7, 11) is 0. The molecule has 3 heteroatoms. The Kier molecular flexibility index (Phi) is 14.6. The summed E-state index contributed by atoms with van der Waals surface area (Å²) in [5.74, 6) is 4.74. The summed E-state index contributed by atoms with van der Waals surface area (Å²) in [6, 6.07) is 0. The van der Waals surface area contributed by atoms with E-state index in [9.17, 15) is 14.7 Å². The molecule has 1 unspecified atom stereocenters. The number of carbonyl (C=O) groups excluding carboxylic acids is 1. The van der Waals surface area contributed by atoms with Gasteiger partial charge in [-0.25, -0.2) is 0 Å². The molecule has 0 amide bonds. The highest BCUT2D eigenvalue weighted by atomic mass is 16.4. The normalized spacial score (nSPS) is 35.1. The smallest absolute Gasteiger partial charge is 0.303 e. The first-order valence-corrected chi connectivity index (χ1v) is 20.1. The number of fused-ring (bicyclic) bond motifs is 5. The second-order valence-corrected chi connectivity index (χ2v) is 17.1. The number of rotatable bonds is 20. The van der Waals surface area contributed by atoms with Gasteiger partial charge < -0.3 is 5.11 Å².